The number of nitrogens with zero attached hydrogens (tertiary/aromatic N) is 1. The van der Waals surface area contributed by atoms with Gasteiger partial charge in [-0.3, -0.25) is 4.98 Å². The van der Waals surface area contributed by atoms with Crippen molar-refractivity contribution in [2.75, 3.05) is 5.75 Å². The van der Waals surface area contributed by atoms with Crippen molar-refractivity contribution in [3.05, 3.63) is 84.2 Å². The minimum Gasteiger partial charge on any atom is -0.456 e. The average molecular weight is 369 g/mol. The first-order chi connectivity index (χ1) is 12.5. The molecule has 26 heavy (non-hydrogen) atoms. The van der Waals surface area contributed by atoms with Crippen LogP contribution < -0.4 is 8.92 Å². The quantitative estimate of drug-likeness (QED) is 0.586. The Morgan fingerprint density at radius 1 is 0.885 bits per heavy atom. The van der Waals surface area contributed by atoms with Gasteiger partial charge in [0.25, 0.3) is 0 Å². The third-order valence-electron chi connectivity index (χ3n) is 3.68. The topological polar surface area (TPSA) is 65.5 Å². The van der Waals surface area contributed by atoms with Gasteiger partial charge in [-0.1, -0.05) is 29.8 Å². The molecule has 0 fully saturated rings. The van der Waals surface area contributed by atoms with Crippen LogP contribution in [0.5, 0.6) is 17.2 Å². The molecule has 3 rings (SSSR count). The minimum absolute atomic E-state index is 0.0794. The van der Waals surface area contributed by atoms with Crippen molar-refractivity contribution in [3.8, 4) is 17.2 Å². The lowest BCUT2D eigenvalue weighted by Crippen LogP contribution is -2.15. The molecule has 6 heteroatoms. The highest BCUT2D eigenvalue weighted by molar-refractivity contribution is 7.87. The molecule has 0 atom stereocenters. The molecule has 0 amide bonds. The summed E-state index contributed by atoms with van der Waals surface area (Å²) in [5.41, 5.74) is 2.10. The average Bonchev–Trinajstić information content (AvgIpc) is 2.64. The van der Waals surface area contributed by atoms with Gasteiger partial charge < -0.3 is 8.92 Å². The van der Waals surface area contributed by atoms with Gasteiger partial charge in [0.15, 0.2) is 0 Å². The third-order valence-corrected chi connectivity index (χ3v) is 4.83. The summed E-state index contributed by atoms with van der Waals surface area (Å²) in [5.74, 6) is 1.35. The third kappa shape index (κ3) is 5.32. The predicted octanol–water partition coefficient (Wildman–Crippen LogP) is 4.13. The smallest absolute Gasteiger partial charge is 0.309 e. The second kappa shape index (κ2) is 8.01. The van der Waals surface area contributed by atoms with E-state index in [-0.39, 0.29) is 11.5 Å². The molecular weight excluding hydrogens is 350 g/mol. The van der Waals surface area contributed by atoms with Crippen LogP contribution in [0.3, 0.4) is 0 Å². The van der Waals surface area contributed by atoms with E-state index in [2.05, 4.69) is 4.98 Å². The first-order valence-electron chi connectivity index (χ1n) is 8.16. The van der Waals surface area contributed by atoms with Crippen LogP contribution in [-0.4, -0.2) is 19.2 Å². The normalized spacial score (nSPS) is 11.1. The number of aromatic nitrogens is 1. The zero-order valence-corrected chi connectivity index (χ0v) is 15.1. The molecule has 0 aliphatic carbocycles. The van der Waals surface area contributed by atoms with Gasteiger partial charge in [-0.25, -0.2) is 0 Å². The molecule has 1 aromatic heterocycles. The molecule has 0 spiro atoms. The SMILES string of the molecule is Cc1ccc(CCS(=O)(=O)Oc2ccc(Oc3cccnc3)cc2)cc1. The van der Waals surface area contributed by atoms with E-state index in [4.69, 9.17) is 8.92 Å². The van der Waals surface area contributed by atoms with Gasteiger partial charge in [0, 0.05) is 6.20 Å². The van der Waals surface area contributed by atoms with Crippen molar-refractivity contribution in [1.82, 2.24) is 4.98 Å². The van der Waals surface area contributed by atoms with Gasteiger partial charge in [0.05, 0.1) is 11.9 Å². The zero-order valence-electron chi connectivity index (χ0n) is 14.3. The Balaban J connectivity index is 1.57. The fourth-order valence-electron chi connectivity index (χ4n) is 2.29. The molecule has 1 heterocycles. The second-order valence-corrected chi connectivity index (χ2v) is 7.53. The molecule has 0 unspecified atom stereocenters. The first-order valence-corrected chi connectivity index (χ1v) is 9.74. The van der Waals surface area contributed by atoms with Crippen molar-refractivity contribution in [2.45, 2.75) is 13.3 Å². The maximum atomic E-state index is 12.2. The molecule has 0 N–H and O–H groups in total. The zero-order chi connectivity index (χ0) is 18.4. The number of pyridine rings is 1. The van der Waals surface area contributed by atoms with Gasteiger partial charge in [0.2, 0.25) is 0 Å². The van der Waals surface area contributed by atoms with E-state index in [1.807, 2.05) is 31.2 Å². The Hall–Kier alpha value is -2.86. The number of hydrogen-bond donors (Lipinski definition) is 0. The molecule has 0 bridgehead atoms. The maximum Gasteiger partial charge on any atom is 0.309 e. The first kappa shape index (κ1) is 17.9. The number of hydrogen-bond acceptors (Lipinski definition) is 5. The standard InChI is InChI=1S/C20H19NO4S/c1-16-4-6-17(7-5-16)12-14-26(22,23)25-19-10-8-18(9-11-19)24-20-3-2-13-21-15-20/h2-11,13,15H,12,14H2,1H3. The van der Waals surface area contributed by atoms with E-state index < -0.39 is 10.1 Å². The second-order valence-electron chi connectivity index (χ2n) is 5.84. The summed E-state index contributed by atoms with van der Waals surface area (Å²) in [7, 11) is -3.67. The summed E-state index contributed by atoms with van der Waals surface area (Å²) >= 11 is 0. The fraction of sp³-hybridized carbons (Fsp3) is 0.150. The monoisotopic (exact) mass is 369 g/mol. The summed E-state index contributed by atoms with van der Waals surface area (Å²) in [5, 5.41) is 0. The predicted molar refractivity (Wildman–Crippen MR) is 100 cm³/mol. The minimum atomic E-state index is -3.67. The molecule has 0 aliphatic heterocycles. The van der Waals surface area contributed by atoms with E-state index in [0.29, 0.717) is 17.9 Å². The van der Waals surface area contributed by atoms with E-state index in [0.717, 1.165) is 11.1 Å². The fourth-order valence-corrected chi connectivity index (χ4v) is 3.27. The number of aryl methyl sites for hydroxylation is 2. The molecule has 134 valence electrons. The maximum absolute atomic E-state index is 12.2. The van der Waals surface area contributed by atoms with Crippen LogP contribution >= 0.6 is 0 Å². The van der Waals surface area contributed by atoms with Crippen molar-refractivity contribution >= 4 is 10.1 Å². The van der Waals surface area contributed by atoms with Gasteiger partial charge in [-0.2, -0.15) is 8.42 Å². The summed E-state index contributed by atoms with van der Waals surface area (Å²) in [6, 6.07) is 17.8. The van der Waals surface area contributed by atoms with E-state index in [1.165, 1.54) is 0 Å². The highest BCUT2D eigenvalue weighted by Gasteiger charge is 2.13. The summed E-state index contributed by atoms with van der Waals surface area (Å²) in [6.45, 7) is 1.99. The van der Waals surface area contributed by atoms with E-state index in [1.54, 1.807) is 48.8 Å². The van der Waals surface area contributed by atoms with Crippen LogP contribution in [0.15, 0.2) is 73.1 Å². The Kier molecular flexibility index (Phi) is 5.53. The van der Waals surface area contributed by atoms with Crippen LogP contribution in [0.25, 0.3) is 0 Å². The molecule has 0 saturated heterocycles. The Morgan fingerprint density at radius 2 is 1.58 bits per heavy atom. The van der Waals surface area contributed by atoms with Gasteiger partial charge in [-0.05, 0) is 55.3 Å². The van der Waals surface area contributed by atoms with Crippen molar-refractivity contribution in [1.29, 1.82) is 0 Å². The van der Waals surface area contributed by atoms with Crippen molar-refractivity contribution in [2.24, 2.45) is 0 Å². The van der Waals surface area contributed by atoms with Crippen molar-refractivity contribution in [3.63, 3.8) is 0 Å². The van der Waals surface area contributed by atoms with Gasteiger partial charge >= 0.3 is 10.1 Å². The summed E-state index contributed by atoms with van der Waals surface area (Å²) in [4.78, 5) is 3.97. The Morgan fingerprint density at radius 3 is 2.23 bits per heavy atom. The number of rotatable bonds is 7. The molecule has 0 radical (unpaired) electrons. The molecule has 5 nitrogen and oxygen atoms in total. The molecule has 3 aromatic rings. The number of ether oxygens (including phenoxy) is 1. The summed E-state index contributed by atoms with van der Waals surface area (Å²) < 4.78 is 35.1. The molecular formula is C20H19NO4S. The van der Waals surface area contributed by atoms with Crippen LogP contribution in [0.2, 0.25) is 0 Å². The lowest BCUT2D eigenvalue weighted by Gasteiger charge is -2.09. The molecule has 0 saturated carbocycles. The van der Waals surface area contributed by atoms with Crippen LogP contribution in [0, 0.1) is 6.92 Å². The largest absolute Gasteiger partial charge is 0.456 e. The van der Waals surface area contributed by atoms with Crippen LogP contribution in [-0.2, 0) is 16.5 Å². The molecule has 2 aromatic carbocycles. The van der Waals surface area contributed by atoms with Gasteiger partial charge in [0.1, 0.15) is 17.2 Å². The van der Waals surface area contributed by atoms with Gasteiger partial charge in [-0.15, -0.1) is 0 Å². The Bertz CT molecular complexity index is 937. The van der Waals surface area contributed by atoms with Crippen LogP contribution in [0.1, 0.15) is 11.1 Å². The highest BCUT2D eigenvalue weighted by Crippen LogP contribution is 2.24. The molecule has 0 aliphatic rings. The lowest BCUT2D eigenvalue weighted by molar-refractivity contribution is 0.472. The van der Waals surface area contributed by atoms with Crippen LogP contribution in [0.4, 0.5) is 0 Å². The number of benzene rings is 2. The Labute approximate surface area is 153 Å². The van der Waals surface area contributed by atoms with E-state index >= 15 is 0 Å². The van der Waals surface area contributed by atoms with E-state index in [9.17, 15) is 8.42 Å². The lowest BCUT2D eigenvalue weighted by atomic mass is 10.1. The highest BCUT2D eigenvalue weighted by atomic mass is 32.2. The summed E-state index contributed by atoms with van der Waals surface area (Å²) in [6.07, 6.45) is 3.66. The van der Waals surface area contributed by atoms with Crippen molar-refractivity contribution < 1.29 is 17.3 Å².